The average Bonchev–Trinajstić information content (AvgIpc) is 3.56. The van der Waals surface area contributed by atoms with Gasteiger partial charge < -0.3 is 62.1 Å². The van der Waals surface area contributed by atoms with Crippen LogP contribution in [0.3, 0.4) is 0 Å². The van der Waals surface area contributed by atoms with E-state index >= 15 is 0 Å². The number of carbonyl (C=O) groups excluding carboxylic acids is 9. The topological polar surface area (TPSA) is 290 Å². The molecule has 0 heterocycles. The number of amides is 9. The lowest BCUT2D eigenvalue weighted by Gasteiger charge is -2.34. The molecule has 21 heteroatoms. The summed E-state index contributed by atoms with van der Waals surface area (Å²) in [5.41, 5.74) is -0.887. The summed E-state index contributed by atoms with van der Waals surface area (Å²) in [6.07, 6.45) is 18.8. The summed E-state index contributed by atoms with van der Waals surface area (Å²) in [6, 6.07) is 0. The number of hydrogen-bond donors (Lipinski definition) is 9. The summed E-state index contributed by atoms with van der Waals surface area (Å²) >= 11 is 0. The molecule has 0 aromatic carbocycles. The van der Waals surface area contributed by atoms with E-state index < -0.39 is 11.4 Å². The first-order valence-electron chi connectivity index (χ1n) is 32.7. The number of hydrogen-bond acceptors (Lipinski definition) is 12. The molecule has 0 aromatic heterocycles. The lowest BCUT2D eigenvalue weighted by atomic mass is 9.89. The molecule has 21 nitrogen and oxygen atoms in total. The number of carbonyl (C=O) groups is 9. The minimum absolute atomic E-state index is 0.000258. The predicted octanol–water partition coefficient (Wildman–Crippen LogP) is 7.53. The maximum absolute atomic E-state index is 13.8. The number of nitrogens with one attached hydrogen (secondary N) is 9. The SMILES string of the molecule is CC(C)/C=C/C(=O)NCCCCCCNC(=O)CCCC(=O)NC(COCCC(=O)NCCCNC(=O)CCCCC(C)C)(COCCC(=O)NCCCNC(=O)CCCCC(C)(C)C)COCCC(=O)NCCCNC(=O)CCCCC(C)(C)C. The van der Waals surface area contributed by atoms with Crippen LogP contribution in [0, 0.1) is 22.7 Å². The Labute approximate surface area is 518 Å². The molecule has 0 unspecified atom stereocenters. The van der Waals surface area contributed by atoms with Gasteiger partial charge in [0.25, 0.3) is 0 Å². The smallest absolute Gasteiger partial charge is 0.243 e. The first-order chi connectivity index (χ1) is 40.8. The minimum atomic E-state index is -1.35. The van der Waals surface area contributed by atoms with Crippen LogP contribution in [-0.2, 0) is 57.4 Å². The Bertz CT molecular complexity index is 1850. The molecule has 0 aromatic rings. The Morgan fingerprint density at radius 3 is 1.01 bits per heavy atom. The second-order valence-electron chi connectivity index (χ2n) is 26.1. The molecule has 0 fully saturated rings. The van der Waals surface area contributed by atoms with E-state index in [-0.39, 0.29) is 136 Å². The Kier molecular flexibility index (Phi) is 47.8. The van der Waals surface area contributed by atoms with Crippen LogP contribution in [0.2, 0.25) is 0 Å². The zero-order chi connectivity index (χ0) is 64.3. The third-order valence-corrected chi connectivity index (χ3v) is 13.7. The Morgan fingerprint density at radius 2 is 0.663 bits per heavy atom. The Morgan fingerprint density at radius 1 is 0.349 bits per heavy atom. The number of ether oxygens (including phenoxy) is 3. The third-order valence-electron chi connectivity index (χ3n) is 13.7. The van der Waals surface area contributed by atoms with E-state index in [1.165, 1.54) is 0 Å². The number of allylic oxidation sites excluding steroid dienone is 1. The van der Waals surface area contributed by atoms with Gasteiger partial charge in [0, 0.05) is 104 Å². The second-order valence-corrected chi connectivity index (χ2v) is 26.1. The van der Waals surface area contributed by atoms with Crippen molar-refractivity contribution in [3.8, 4) is 0 Å². The third kappa shape index (κ3) is 55.4. The van der Waals surface area contributed by atoms with Crippen LogP contribution in [0.1, 0.15) is 230 Å². The van der Waals surface area contributed by atoms with Crippen molar-refractivity contribution in [3.63, 3.8) is 0 Å². The van der Waals surface area contributed by atoms with Gasteiger partial charge in [-0.15, -0.1) is 0 Å². The zero-order valence-electron chi connectivity index (χ0n) is 55.3. The van der Waals surface area contributed by atoms with Crippen LogP contribution in [0.15, 0.2) is 12.2 Å². The quantitative estimate of drug-likeness (QED) is 0.0211. The summed E-state index contributed by atoms with van der Waals surface area (Å²) in [7, 11) is 0. The van der Waals surface area contributed by atoms with E-state index in [1.807, 2.05) is 19.9 Å². The van der Waals surface area contributed by atoms with E-state index in [2.05, 4.69) is 103 Å². The highest BCUT2D eigenvalue weighted by Gasteiger charge is 2.34. The zero-order valence-corrected chi connectivity index (χ0v) is 55.3. The van der Waals surface area contributed by atoms with Gasteiger partial charge in [-0.05, 0) is 99.4 Å². The molecule has 498 valence electrons. The van der Waals surface area contributed by atoms with E-state index in [9.17, 15) is 43.2 Å². The van der Waals surface area contributed by atoms with Crippen molar-refractivity contribution >= 4 is 53.2 Å². The maximum atomic E-state index is 13.8. The van der Waals surface area contributed by atoms with Crippen LogP contribution in [0.5, 0.6) is 0 Å². The molecule has 0 aliphatic rings. The predicted molar refractivity (Wildman–Crippen MR) is 341 cm³/mol. The maximum Gasteiger partial charge on any atom is 0.243 e. The van der Waals surface area contributed by atoms with Gasteiger partial charge in [0.1, 0.15) is 5.54 Å². The average molecular weight is 1220 g/mol. The van der Waals surface area contributed by atoms with Gasteiger partial charge in [-0.2, -0.15) is 0 Å². The molecule has 86 heavy (non-hydrogen) atoms. The molecule has 0 spiro atoms. The van der Waals surface area contributed by atoms with Crippen LogP contribution < -0.4 is 47.9 Å². The summed E-state index contributed by atoms with van der Waals surface area (Å²) in [5.74, 6) is -0.607. The van der Waals surface area contributed by atoms with Crippen molar-refractivity contribution in [2.45, 2.75) is 235 Å². The molecule has 0 rings (SSSR count). The fourth-order valence-corrected chi connectivity index (χ4v) is 8.65. The molecule has 0 bridgehead atoms. The second kappa shape index (κ2) is 50.8. The van der Waals surface area contributed by atoms with Crippen molar-refractivity contribution in [1.29, 1.82) is 0 Å². The molecule has 9 N–H and O–H groups in total. The van der Waals surface area contributed by atoms with Crippen molar-refractivity contribution in [3.05, 3.63) is 12.2 Å². The summed E-state index contributed by atoms with van der Waals surface area (Å²) < 4.78 is 18.2. The summed E-state index contributed by atoms with van der Waals surface area (Å²) in [5, 5.41) is 26.1. The van der Waals surface area contributed by atoms with E-state index in [0.29, 0.717) is 103 Å². The van der Waals surface area contributed by atoms with Gasteiger partial charge in [0.05, 0.1) is 39.6 Å². The van der Waals surface area contributed by atoms with Gasteiger partial charge in [-0.1, -0.05) is 114 Å². The number of unbranched alkanes of at least 4 members (excludes halogenated alkanes) is 6. The van der Waals surface area contributed by atoms with Gasteiger partial charge in [0.15, 0.2) is 0 Å². The fraction of sp³-hybridized carbons (Fsp3) is 0.831. The molecular formula is C65H121N9O12. The normalized spacial score (nSPS) is 11.8. The van der Waals surface area contributed by atoms with Gasteiger partial charge in [-0.25, -0.2) is 0 Å². The minimum Gasteiger partial charge on any atom is -0.378 e. The summed E-state index contributed by atoms with van der Waals surface area (Å²) in [6.45, 7) is 24.3. The largest absolute Gasteiger partial charge is 0.378 e. The van der Waals surface area contributed by atoms with Crippen LogP contribution in [-0.4, -0.2) is 151 Å². The Hall–Kier alpha value is -5.15. The number of rotatable bonds is 54. The standard InChI is InChI=1S/C65H121N9O12/c1-52(2)25-13-14-26-54(75)68-40-22-43-71-59(80)33-46-84-49-65(50-85-47-34-60(81)72-44-23-41-69-55(76)27-15-17-36-63(5,6)7,51-86-48-35-61(82)73-45-24-42-70-56(77)28-16-18-37-64(8,9)10)74-62(83)30-21-29-57(78)66-38-19-11-12-20-39-67-58(79)32-31-53(3)4/h31-32,52-53H,11-30,33-51H2,1-10H3,(H,66,78)(H,67,79)(H,68,75)(H,69,76)(H,70,77)(H,71,80)(H,72,81)(H,73,82)(H,74,83)/b32-31+. The monoisotopic (exact) mass is 1220 g/mol. The lowest BCUT2D eigenvalue weighted by molar-refractivity contribution is -0.131. The highest BCUT2D eigenvalue weighted by atomic mass is 16.5. The van der Waals surface area contributed by atoms with Gasteiger partial charge in [0.2, 0.25) is 53.2 Å². The van der Waals surface area contributed by atoms with Crippen molar-refractivity contribution < 1.29 is 57.4 Å². The van der Waals surface area contributed by atoms with Crippen molar-refractivity contribution in [1.82, 2.24) is 47.9 Å². The first kappa shape index (κ1) is 80.8. The fourth-order valence-electron chi connectivity index (χ4n) is 8.65. The molecule has 0 aliphatic carbocycles. The first-order valence-corrected chi connectivity index (χ1v) is 32.7. The summed E-state index contributed by atoms with van der Waals surface area (Å²) in [4.78, 5) is 114. The van der Waals surface area contributed by atoms with E-state index in [4.69, 9.17) is 14.2 Å². The van der Waals surface area contributed by atoms with Gasteiger partial charge in [-0.3, -0.25) is 43.2 Å². The molecular weight excluding hydrogens is 1100 g/mol. The van der Waals surface area contributed by atoms with Crippen LogP contribution in [0.4, 0.5) is 0 Å². The highest BCUT2D eigenvalue weighted by molar-refractivity contribution is 5.87. The van der Waals surface area contributed by atoms with E-state index in [0.717, 1.165) is 83.5 Å². The molecule has 0 saturated carbocycles. The van der Waals surface area contributed by atoms with Gasteiger partial charge >= 0.3 is 0 Å². The Balaban J connectivity index is 5.71. The molecule has 9 amide bonds. The molecule has 0 saturated heterocycles. The highest BCUT2D eigenvalue weighted by Crippen LogP contribution is 2.23. The lowest BCUT2D eigenvalue weighted by Crippen LogP contribution is -2.58. The van der Waals surface area contributed by atoms with E-state index in [1.54, 1.807) is 6.08 Å². The van der Waals surface area contributed by atoms with Crippen LogP contribution in [0.25, 0.3) is 0 Å². The molecule has 0 radical (unpaired) electrons. The molecule has 0 atom stereocenters. The van der Waals surface area contributed by atoms with Crippen LogP contribution >= 0.6 is 0 Å². The van der Waals surface area contributed by atoms with Crippen molar-refractivity contribution in [2.75, 3.05) is 92.0 Å². The molecule has 0 aliphatic heterocycles. The van der Waals surface area contributed by atoms with Crippen molar-refractivity contribution in [2.24, 2.45) is 22.7 Å².